The maximum absolute atomic E-state index is 13.6. The molecule has 0 heterocycles. The lowest BCUT2D eigenvalue weighted by atomic mass is 9.85. The predicted octanol–water partition coefficient (Wildman–Crippen LogP) is 7.18. The molecule has 8 heteroatoms. The number of carbonyl (C=O) groups excluding carboxylic acids is 2. The van der Waals surface area contributed by atoms with Gasteiger partial charge in [0.2, 0.25) is 5.91 Å². The minimum absolute atomic E-state index is 0.107. The van der Waals surface area contributed by atoms with Gasteiger partial charge in [0.15, 0.2) is 0 Å². The minimum atomic E-state index is -4.59. The molecule has 1 amide bonds. The fraction of sp³-hybridized carbons (Fsp3) is 0.385. The molecule has 0 radical (unpaired) electrons. The number of hydrogen-bond donors (Lipinski definition) is 1. The lowest BCUT2D eigenvalue weighted by Gasteiger charge is -2.26. The lowest BCUT2D eigenvalue weighted by molar-refractivity contribution is -0.178. The van der Waals surface area contributed by atoms with Crippen molar-refractivity contribution in [2.45, 2.75) is 58.2 Å². The van der Waals surface area contributed by atoms with Crippen LogP contribution in [-0.4, -0.2) is 23.7 Å². The first kappa shape index (κ1) is 27.4. The van der Waals surface area contributed by atoms with Gasteiger partial charge in [0.05, 0.1) is 22.5 Å². The van der Waals surface area contributed by atoms with Crippen LogP contribution >= 0.6 is 11.6 Å². The van der Waals surface area contributed by atoms with Crippen LogP contribution in [0.25, 0.3) is 6.08 Å². The summed E-state index contributed by atoms with van der Waals surface area (Å²) in [6, 6.07) is 11.0. The van der Waals surface area contributed by atoms with Crippen molar-refractivity contribution in [2.75, 3.05) is 5.32 Å². The number of hydrogen-bond acceptors (Lipinski definition) is 3. The van der Waals surface area contributed by atoms with E-state index in [1.807, 2.05) is 0 Å². The van der Waals surface area contributed by atoms with Gasteiger partial charge in [-0.25, -0.2) is 0 Å². The molecule has 0 spiro atoms. The van der Waals surface area contributed by atoms with Gasteiger partial charge in [-0.15, -0.1) is 0 Å². The zero-order chi connectivity index (χ0) is 25.7. The molecule has 0 saturated heterocycles. The molecule has 0 saturated carbocycles. The van der Waals surface area contributed by atoms with E-state index in [0.717, 1.165) is 12.5 Å². The zero-order valence-electron chi connectivity index (χ0n) is 19.6. The Morgan fingerprint density at radius 3 is 2.26 bits per heavy atom. The third kappa shape index (κ3) is 7.90. The van der Waals surface area contributed by atoms with Gasteiger partial charge in [0, 0.05) is 6.42 Å². The first-order valence-electron chi connectivity index (χ1n) is 10.8. The first-order valence-corrected chi connectivity index (χ1v) is 11.2. The van der Waals surface area contributed by atoms with E-state index in [9.17, 15) is 22.8 Å². The van der Waals surface area contributed by atoms with E-state index in [2.05, 4.69) is 11.9 Å². The molecule has 34 heavy (non-hydrogen) atoms. The molecular weight excluding hydrogens is 467 g/mol. The van der Waals surface area contributed by atoms with E-state index < -0.39 is 29.5 Å². The highest BCUT2D eigenvalue weighted by molar-refractivity contribution is 6.33. The van der Waals surface area contributed by atoms with E-state index in [4.69, 9.17) is 16.3 Å². The summed E-state index contributed by atoms with van der Waals surface area (Å²) in [6.07, 6.45) is -2.59. The van der Waals surface area contributed by atoms with Crippen molar-refractivity contribution >= 4 is 35.2 Å². The summed E-state index contributed by atoms with van der Waals surface area (Å²) in [5.41, 5.74) is 1.20. The summed E-state index contributed by atoms with van der Waals surface area (Å²) in [6.45, 7) is 9.91. The highest BCUT2D eigenvalue weighted by atomic mass is 35.5. The number of alkyl halides is 3. The van der Waals surface area contributed by atoms with Gasteiger partial charge in [0.1, 0.15) is 5.60 Å². The maximum Gasteiger partial charge on any atom is 0.392 e. The van der Waals surface area contributed by atoms with Crippen molar-refractivity contribution < 1.29 is 27.5 Å². The Hall–Kier alpha value is -2.80. The van der Waals surface area contributed by atoms with E-state index >= 15 is 0 Å². The molecule has 0 fully saturated rings. The second-order valence-corrected chi connectivity index (χ2v) is 9.48. The first-order chi connectivity index (χ1) is 15.7. The average molecular weight is 496 g/mol. The van der Waals surface area contributed by atoms with Crippen molar-refractivity contribution in [2.24, 2.45) is 5.92 Å². The third-order valence-corrected chi connectivity index (χ3v) is 5.49. The van der Waals surface area contributed by atoms with E-state index in [-0.39, 0.29) is 28.7 Å². The average Bonchev–Trinajstić information content (AvgIpc) is 2.73. The Labute approximate surface area is 203 Å². The SMILES string of the molecule is C=Cc1ccc(C(C(=O)Nc2cc(CCC(=O)OC(C)(C)C)ccc2Cl)C(C)C(F)(F)F)cc1. The second kappa shape index (κ2) is 11.1. The molecule has 2 aromatic carbocycles. The van der Waals surface area contributed by atoms with Crippen molar-refractivity contribution in [3.05, 3.63) is 70.8 Å². The van der Waals surface area contributed by atoms with Gasteiger partial charge in [-0.2, -0.15) is 13.2 Å². The van der Waals surface area contributed by atoms with Crippen LogP contribution < -0.4 is 5.32 Å². The quantitative estimate of drug-likeness (QED) is 0.395. The number of halogens is 4. The van der Waals surface area contributed by atoms with E-state index in [1.165, 1.54) is 18.2 Å². The van der Waals surface area contributed by atoms with Crippen LogP contribution in [0.15, 0.2) is 49.0 Å². The molecule has 0 aliphatic heterocycles. The van der Waals surface area contributed by atoms with Gasteiger partial charge in [0.25, 0.3) is 0 Å². The monoisotopic (exact) mass is 495 g/mol. The summed E-state index contributed by atoms with van der Waals surface area (Å²) in [7, 11) is 0. The molecule has 0 aliphatic carbocycles. The minimum Gasteiger partial charge on any atom is -0.460 e. The smallest absolute Gasteiger partial charge is 0.392 e. The molecular formula is C26H29ClF3NO3. The number of amides is 1. The van der Waals surface area contributed by atoms with E-state index in [1.54, 1.807) is 51.1 Å². The number of nitrogens with one attached hydrogen (secondary N) is 1. The maximum atomic E-state index is 13.6. The number of anilines is 1. The van der Waals surface area contributed by atoms with Gasteiger partial charge in [-0.3, -0.25) is 9.59 Å². The Bertz CT molecular complexity index is 1030. The molecule has 2 aromatic rings. The standard InChI is InChI=1S/C26H29ClF3NO3/c1-6-17-7-11-19(12-8-17)23(16(2)26(28,29)30)24(33)31-21-15-18(9-13-20(21)27)10-14-22(32)34-25(3,4)5/h6-9,11-13,15-16,23H,1,10,14H2,2-5H3,(H,31,33). The Kier molecular flexibility index (Phi) is 8.95. The fourth-order valence-electron chi connectivity index (χ4n) is 3.37. The number of esters is 1. The normalized spacial score (nSPS) is 13.6. The Morgan fingerprint density at radius 2 is 1.74 bits per heavy atom. The van der Waals surface area contributed by atoms with Gasteiger partial charge in [-0.1, -0.05) is 61.5 Å². The second-order valence-electron chi connectivity index (χ2n) is 9.07. The number of benzene rings is 2. The van der Waals surface area contributed by atoms with Gasteiger partial charge >= 0.3 is 12.1 Å². The van der Waals surface area contributed by atoms with Crippen LogP contribution in [0.1, 0.15) is 56.7 Å². The number of aryl methyl sites for hydroxylation is 1. The van der Waals surface area contributed by atoms with Crippen LogP contribution in [0.4, 0.5) is 18.9 Å². The van der Waals surface area contributed by atoms with Crippen molar-refractivity contribution in [3.8, 4) is 0 Å². The highest BCUT2D eigenvalue weighted by Crippen LogP contribution is 2.38. The van der Waals surface area contributed by atoms with Crippen molar-refractivity contribution in [1.29, 1.82) is 0 Å². The number of ether oxygens (including phenoxy) is 1. The summed E-state index contributed by atoms with van der Waals surface area (Å²) in [5.74, 6) is -4.63. The van der Waals surface area contributed by atoms with Crippen LogP contribution in [0.3, 0.4) is 0 Å². The van der Waals surface area contributed by atoms with Crippen LogP contribution in [0, 0.1) is 5.92 Å². The highest BCUT2D eigenvalue weighted by Gasteiger charge is 2.45. The summed E-state index contributed by atoms with van der Waals surface area (Å²) >= 11 is 6.21. The van der Waals surface area contributed by atoms with Crippen LogP contribution in [0.5, 0.6) is 0 Å². The zero-order valence-corrected chi connectivity index (χ0v) is 20.4. The molecule has 1 N–H and O–H groups in total. The van der Waals surface area contributed by atoms with Crippen molar-refractivity contribution in [1.82, 2.24) is 0 Å². The molecule has 184 valence electrons. The lowest BCUT2D eigenvalue weighted by Crippen LogP contribution is -2.34. The molecule has 0 aromatic heterocycles. The number of carbonyl (C=O) groups is 2. The summed E-state index contributed by atoms with van der Waals surface area (Å²) < 4.78 is 46.1. The molecule has 2 atom stereocenters. The van der Waals surface area contributed by atoms with E-state index in [0.29, 0.717) is 12.0 Å². The van der Waals surface area contributed by atoms with Gasteiger partial charge in [-0.05, 0) is 56.0 Å². The largest absolute Gasteiger partial charge is 0.460 e. The molecule has 2 unspecified atom stereocenters. The van der Waals surface area contributed by atoms with Crippen molar-refractivity contribution in [3.63, 3.8) is 0 Å². The van der Waals surface area contributed by atoms with Gasteiger partial charge < -0.3 is 10.1 Å². The topological polar surface area (TPSA) is 55.4 Å². The Morgan fingerprint density at radius 1 is 1.12 bits per heavy atom. The molecule has 2 rings (SSSR count). The summed E-state index contributed by atoms with van der Waals surface area (Å²) in [5, 5.41) is 2.73. The fourth-order valence-corrected chi connectivity index (χ4v) is 3.53. The molecule has 4 nitrogen and oxygen atoms in total. The van der Waals surface area contributed by atoms with Crippen LogP contribution in [-0.2, 0) is 20.7 Å². The predicted molar refractivity (Wildman–Crippen MR) is 129 cm³/mol. The molecule has 0 bridgehead atoms. The Balaban J connectivity index is 2.26. The van der Waals surface area contributed by atoms with Crippen LogP contribution in [0.2, 0.25) is 5.02 Å². The number of rotatable bonds is 8. The third-order valence-electron chi connectivity index (χ3n) is 5.16. The molecule has 0 aliphatic rings. The summed E-state index contributed by atoms with van der Waals surface area (Å²) in [4.78, 5) is 25.1.